The molecule has 0 unspecified atom stereocenters. The Hall–Kier alpha value is -1.11. The number of benzene rings is 1. The summed E-state index contributed by atoms with van der Waals surface area (Å²) in [6.07, 6.45) is 0.984. The van der Waals surface area contributed by atoms with E-state index in [-0.39, 0.29) is 5.41 Å². The predicted molar refractivity (Wildman–Crippen MR) is 50.3 cm³/mol. The lowest BCUT2D eigenvalue weighted by atomic mass is 9.86. The third kappa shape index (κ3) is 1.73. The van der Waals surface area contributed by atoms with Gasteiger partial charge < -0.3 is 4.79 Å². The topological polar surface area (TPSA) is 17.1 Å². The summed E-state index contributed by atoms with van der Waals surface area (Å²) >= 11 is 0. The Morgan fingerprint density at radius 1 is 1.17 bits per heavy atom. The Bertz CT molecular complexity index is 270. The summed E-state index contributed by atoms with van der Waals surface area (Å²) in [4.78, 5) is 10.7. The number of carbonyl (C=O) groups is 1. The highest BCUT2D eigenvalue weighted by Crippen LogP contribution is 2.20. The second-order valence-corrected chi connectivity index (χ2v) is 3.71. The van der Waals surface area contributed by atoms with Crippen LogP contribution in [0.1, 0.15) is 25.0 Å². The fraction of sp³-hybridized carbons (Fsp3) is 0.364. The van der Waals surface area contributed by atoms with Crippen LogP contribution in [0.5, 0.6) is 0 Å². The second kappa shape index (κ2) is 3.10. The molecule has 0 aliphatic heterocycles. The molecule has 0 aliphatic carbocycles. The van der Waals surface area contributed by atoms with E-state index in [1.165, 1.54) is 5.56 Å². The number of hydrogen-bond donors (Lipinski definition) is 0. The summed E-state index contributed by atoms with van der Waals surface area (Å²) in [5, 5.41) is 0. The van der Waals surface area contributed by atoms with Gasteiger partial charge in [-0.2, -0.15) is 0 Å². The highest BCUT2D eigenvalue weighted by molar-refractivity contribution is 5.67. The molecule has 0 aromatic heterocycles. The van der Waals surface area contributed by atoms with Crippen LogP contribution in [-0.2, 0) is 10.2 Å². The molecule has 1 aromatic rings. The van der Waals surface area contributed by atoms with Crippen LogP contribution in [0.3, 0.4) is 0 Å². The SMILES string of the molecule is Cc1ccc(C(C)(C)C=O)cc1. The fourth-order valence-corrected chi connectivity index (χ4v) is 1.05. The van der Waals surface area contributed by atoms with Crippen molar-refractivity contribution in [3.63, 3.8) is 0 Å². The van der Waals surface area contributed by atoms with Crippen molar-refractivity contribution in [1.82, 2.24) is 0 Å². The van der Waals surface area contributed by atoms with E-state index in [9.17, 15) is 4.79 Å². The van der Waals surface area contributed by atoms with Gasteiger partial charge in [0.25, 0.3) is 0 Å². The molecule has 0 spiro atoms. The third-order valence-corrected chi connectivity index (χ3v) is 2.09. The molecule has 1 rings (SSSR count). The zero-order chi connectivity index (χ0) is 9.19. The minimum atomic E-state index is -0.353. The van der Waals surface area contributed by atoms with Crippen molar-refractivity contribution < 1.29 is 4.79 Å². The van der Waals surface area contributed by atoms with Gasteiger partial charge in [0, 0.05) is 5.41 Å². The highest BCUT2D eigenvalue weighted by atomic mass is 16.1. The van der Waals surface area contributed by atoms with E-state index in [2.05, 4.69) is 0 Å². The molecule has 0 radical (unpaired) electrons. The molecule has 64 valence electrons. The zero-order valence-corrected chi connectivity index (χ0v) is 7.79. The van der Waals surface area contributed by atoms with Crippen molar-refractivity contribution in [2.75, 3.05) is 0 Å². The van der Waals surface area contributed by atoms with Crippen molar-refractivity contribution in [2.45, 2.75) is 26.2 Å². The van der Waals surface area contributed by atoms with Crippen LogP contribution in [0.2, 0.25) is 0 Å². The minimum absolute atomic E-state index is 0.353. The maximum absolute atomic E-state index is 10.7. The van der Waals surface area contributed by atoms with Gasteiger partial charge in [0.05, 0.1) is 0 Å². The summed E-state index contributed by atoms with van der Waals surface area (Å²) in [7, 11) is 0. The lowest BCUT2D eigenvalue weighted by Crippen LogP contribution is -2.18. The number of aryl methyl sites for hydroxylation is 1. The van der Waals surface area contributed by atoms with Crippen LogP contribution in [0.15, 0.2) is 24.3 Å². The van der Waals surface area contributed by atoms with Gasteiger partial charge in [0.1, 0.15) is 6.29 Å². The quantitative estimate of drug-likeness (QED) is 0.610. The number of hydrogen-bond acceptors (Lipinski definition) is 1. The number of carbonyl (C=O) groups excluding carboxylic acids is 1. The molecule has 0 heterocycles. The first-order chi connectivity index (χ1) is 5.56. The average molecular weight is 162 g/mol. The summed E-state index contributed by atoms with van der Waals surface area (Å²) in [6, 6.07) is 8.06. The fourth-order valence-electron chi connectivity index (χ4n) is 1.05. The molecule has 1 nitrogen and oxygen atoms in total. The van der Waals surface area contributed by atoms with Gasteiger partial charge in [-0.15, -0.1) is 0 Å². The Kier molecular flexibility index (Phi) is 2.32. The number of rotatable bonds is 2. The molecule has 0 atom stereocenters. The predicted octanol–water partition coefficient (Wildman–Crippen LogP) is 2.47. The molecule has 0 saturated carbocycles. The first-order valence-corrected chi connectivity index (χ1v) is 4.10. The molecule has 0 fully saturated rings. The Morgan fingerprint density at radius 2 is 1.67 bits per heavy atom. The van der Waals surface area contributed by atoms with Crippen LogP contribution in [-0.4, -0.2) is 6.29 Å². The van der Waals surface area contributed by atoms with Crippen LogP contribution < -0.4 is 0 Å². The smallest absolute Gasteiger partial charge is 0.129 e. The van der Waals surface area contributed by atoms with Gasteiger partial charge in [-0.1, -0.05) is 29.8 Å². The standard InChI is InChI=1S/C11H14O/c1-9-4-6-10(7-5-9)11(2,3)8-12/h4-8H,1-3H3. The minimum Gasteiger partial charge on any atom is -0.302 e. The monoisotopic (exact) mass is 162 g/mol. The van der Waals surface area contributed by atoms with Gasteiger partial charge in [-0.25, -0.2) is 0 Å². The second-order valence-electron chi connectivity index (χ2n) is 3.71. The normalized spacial score (nSPS) is 11.2. The molecular weight excluding hydrogens is 148 g/mol. The highest BCUT2D eigenvalue weighted by Gasteiger charge is 2.18. The Morgan fingerprint density at radius 3 is 2.08 bits per heavy atom. The maximum atomic E-state index is 10.7. The van der Waals surface area contributed by atoms with Gasteiger partial charge in [-0.05, 0) is 26.3 Å². The van der Waals surface area contributed by atoms with Crippen LogP contribution in [0.25, 0.3) is 0 Å². The molecule has 1 heteroatoms. The van der Waals surface area contributed by atoms with Crippen molar-refractivity contribution >= 4 is 6.29 Å². The van der Waals surface area contributed by atoms with Crippen molar-refractivity contribution in [3.05, 3.63) is 35.4 Å². The van der Waals surface area contributed by atoms with Gasteiger partial charge in [0.2, 0.25) is 0 Å². The molecule has 0 amide bonds. The summed E-state index contributed by atoms with van der Waals surface area (Å²) in [6.45, 7) is 5.88. The largest absolute Gasteiger partial charge is 0.302 e. The zero-order valence-electron chi connectivity index (χ0n) is 7.79. The molecule has 0 bridgehead atoms. The lowest BCUT2D eigenvalue weighted by molar-refractivity contribution is -0.111. The molecule has 1 aromatic carbocycles. The molecule has 0 aliphatic rings. The van der Waals surface area contributed by atoms with Gasteiger partial charge >= 0.3 is 0 Å². The summed E-state index contributed by atoms with van der Waals surface area (Å²) in [5.41, 5.74) is 1.94. The van der Waals surface area contributed by atoms with E-state index in [1.54, 1.807) is 0 Å². The van der Waals surface area contributed by atoms with E-state index in [0.717, 1.165) is 11.8 Å². The summed E-state index contributed by atoms with van der Waals surface area (Å²) in [5.74, 6) is 0. The first kappa shape index (κ1) is 8.98. The van der Waals surface area contributed by atoms with Crippen molar-refractivity contribution in [1.29, 1.82) is 0 Å². The molecule has 0 N–H and O–H groups in total. The Balaban J connectivity index is 3.04. The molecule has 0 saturated heterocycles. The van der Waals surface area contributed by atoms with E-state index in [4.69, 9.17) is 0 Å². The maximum Gasteiger partial charge on any atom is 0.129 e. The summed E-state index contributed by atoms with van der Waals surface area (Å²) < 4.78 is 0. The Labute approximate surface area is 73.4 Å². The van der Waals surface area contributed by atoms with Crippen LogP contribution in [0.4, 0.5) is 0 Å². The van der Waals surface area contributed by atoms with Crippen molar-refractivity contribution in [2.24, 2.45) is 0 Å². The first-order valence-electron chi connectivity index (χ1n) is 4.10. The van der Waals surface area contributed by atoms with Gasteiger partial charge in [0.15, 0.2) is 0 Å². The van der Waals surface area contributed by atoms with Crippen molar-refractivity contribution in [3.8, 4) is 0 Å². The third-order valence-electron chi connectivity index (χ3n) is 2.09. The lowest BCUT2D eigenvalue weighted by Gasteiger charge is -2.16. The van der Waals surface area contributed by atoms with Crippen LogP contribution in [0, 0.1) is 6.92 Å². The average Bonchev–Trinajstić information content (AvgIpc) is 2.05. The van der Waals surface area contributed by atoms with Crippen LogP contribution >= 0.6 is 0 Å². The number of aldehydes is 1. The molecule has 12 heavy (non-hydrogen) atoms. The van der Waals surface area contributed by atoms with E-state index in [0.29, 0.717) is 0 Å². The van der Waals surface area contributed by atoms with E-state index in [1.807, 2.05) is 45.0 Å². The molecular formula is C11H14O. The van der Waals surface area contributed by atoms with E-state index < -0.39 is 0 Å². The van der Waals surface area contributed by atoms with E-state index >= 15 is 0 Å². The van der Waals surface area contributed by atoms with Gasteiger partial charge in [-0.3, -0.25) is 0 Å².